The van der Waals surface area contributed by atoms with Crippen LogP contribution in [0.1, 0.15) is 10.4 Å². The molecule has 0 spiro atoms. The maximum Gasteiger partial charge on any atom is 0.510 e. The summed E-state index contributed by atoms with van der Waals surface area (Å²) in [6.45, 7) is -5.33. The van der Waals surface area contributed by atoms with E-state index in [1.54, 1.807) is 0 Å². The molecule has 0 saturated heterocycles. The normalized spacial score (nSPS) is 11.2. The van der Waals surface area contributed by atoms with E-state index in [9.17, 15) is 17.7 Å². The average molecular weight is 219 g/mol. The number of methoxy groups -OCH3 is 1. The Morgan fingerprint density at radius 1 is 1.40 bits per heavy atom. The minimum Gasteiger partial charge on any atom is -0.504 e. The highest BCUT2D eigenvalue weighted by Crippen LogP contribution is 2.27. The topological polar surface area (TPSA) is 46.5 Å². The number of hydrogen-bond acceptors (Lipinski definition) is 3. The molecule has 0 aliphatic rings. The minimum atomic E-state index is -5.33. The Bertz CT molecular complexity index is 389. The SMILES string of the molecule is COc1cc(C=O)c([B-](F)(F)F)cc1O. The van der Waals surface area contributed by atoms with Gasteiger partial charge in [0.05, 0.1) is 7.11 Å². The lowest BCUT2D eigenvalue weighted by Crippen LogP contribution is -2.36. The van der Waals surface area contributed by atoms with Crippen LogP contribution in [0.2, 0.25) is 0 Å². The van der Waals surface area contributed by atoms with E-state index in [1.807, 2.05) is 0 Å². The molecule has 0 amide bonds. The number of phenols is 1. The van der Waals surface area contributed by atoms with Gasteiger partial charge in [0.1, 0.15) is 6.29 Å². The van der Waals surface area contributed by atoms with Gasteiger partial charge < -0.3 is 22.8 Å². The van der Waals surface area contributed by atoms with Gasteiger partial charge in [-0.3, -0.25) is 4.79 Å². The van der Waals surface area contributed by atoms with E-state index in [0.717, 1.165) is 6.07 Å². The van der Waals surface area contributed by atoms with Crippen LogP contribution in [0.25, 0.3) is 0 Å². The number of carbonyl (C=O) groups is 1. The monoisotopic (exact) mass is 219 g/mol. The predicted octanol–water partition coefficient (Wildman–Crippen LogP) is 1.27. The van der Waals surface area contributed by atoms with Crippen molar-refractivity contribution in [3.63, 3.8) is 0 Å². The average Bonchev–Trinajstić information content (AvgIpc) is 2.16. The Balaban J connectivity index is 3.41. The van der Waals surface area contributed by atoms with E-state index in [1.165, 1.54) is 7.11 Å². The van der Waals surface area contributed by atoms with Gasteiger partial charge in [0.25, 0.3) is 0 Å². The Morgan fingerprint density at radius 3 is 2.40 bits per heavy atom. The molecule has 0 aliphatic carbocycles. The van der Waals surface area contributed by atoms with E-state index in [4.69, 9.17) is 5.11 Å². The quantitative estimate of drug-likeness (QED) is 0.614. The third kappa shape index (κ3) is 2.23. The summed E-state index contributed by atoms with van der Waals surface area (Å²) in [5, 5.41) is 9.14. The first-order valence-corrected chi connectivity index (χ1v) is 3.96. The van der Waals surface area contributed by atoms with Gasteiger partial charge in [-0.25, -0.2) is 0 Å². The summed E-state index contributed by atoms with van der Waals surface area (Å²) in [7, 11) is 1.18. The van der Waals surface area contributed by atoms with Crippen LogP contribution >= 0.6 is 0 Å². The van der Waals surface area contributed by atoms with Crippen molar-refractivity contribution in [2.24, 2.45) is 0 Å². The first kappa shape index (κ1) is 11.4. The van der Waals surface area contributed by atoms with Gasteiger partial charge in [0.2, 0.25) is 0 Å². The molecule has 0 atom stereocenters. The molecular formula is C8H7BF3O3-. The largest absolute Gasteiger partial charge is 0.510 e. The maximum absolute atomic E-state index is 12.4. The van der Waals surface area contributed by atoms with Crippen molar-refractivity contribution in [1.82, 2.24) is 0 Å². The molecule has 7 heteroatoms. The van der Waals surface area contributed by atoms with E-state index in [0.29, 0.717) is 6.07 Å². The van der Waals surface area contributed by atoms with E-state index in [-0.39, 0.29) is 12.0 Å². The molecule has 1 aromatic rings. The number of ether oxygens (including phenoxy) is 1. The van der Waals surface area contributed by atoms with Gasteiger partial charge in [0, 0.05) is 0 Å². The van der Waals surface area contributed by atoms with Gasteiger partial charge in [-0.2, -0.15) is 0 Å². The summed E-state index contributed by atoms with van der Waals surface area (Å²) in [5.74, 6) is -0.807. The van der Waals surface area contributed by atoms with Crippen molar-refractivity contribution < 1.29 is 27.6 Å². The predicted molar refractivity (Wildman–Crippen MR) is 48.8 cm³/mol. The summed E-state index contributed by atoms with van der Waals surface area (Å²) in [6.07, 6.45) is 0.0759. The standard InChI is InChI=1S/C8H7BF3O3/c1-15-8-2-5(4-13)6(3-7(8)14)9(10,11)12/h2-4,14H,1H3/q-1. The molecule has 1 aromatic carbocycles. The Hall–Kier alpha value is -1.66. The van der Waals surface area contributed by atoms with Crippen molar-refractivity contribution in [2.75, 3.05) is 7.11 Å². The van der Waals surface area contributed by atoms with E-state index in [2.05, 4.69) is 4.74 Å². The highest BCUT2D eigenvalue weighted by atomic mass is 19.4. The number of aromatic hydroxyl groups is 1. The van der Waals surface area contributed by atoms with Gasteiger partial charge in [-0.05, 0) is 17.7 Å². The molecule has 82 valence electrons. The maximum atomic E-state index is 12.4. The number of rotatable bonds is 3. The summed E-state index contributed by atoms with van der Waals surface area (Å²) in [6, 6.07) is 1.34. The third-order valence-electron chi connectivity index (χ3n) is 1.86. The van der Waals surface area contributed by atoms with Crippen LogP contribution in [-0.4, -0.2) is 25.5 Å². The fourth-order valence-corrected chi connectivity index (χ4v) is 1.15. The van der Waals surface area contributed by atoms with Gasteiger partial charge >= 0.3 is 6.98 Å². The van der Waals surface area contributed by atoms with Gasteiger partial charge in [-0.1, -0.05) is 5.46 Å². The van der Waals surface area contributed by atoms with Crippen LogP contribution in [0, 0.1) is 0 Å². The molecular weight excluding hydrogens is 212 g/mol. The summed E-state index contributed by atoms with van der Waals surface area (Å²) < 4.78 is 41.8. The van der Waals surface area contributed by atoms with Crippen molar-refractivity contribution in [2.45, 2.75) is 0 Å². The highest BCUT2D eigenvalue weighted by molar-refractivity contribution is 6.74. The second kappa shape index (κ2) is 3.84. The van der Waals surface area contributed by atoms with E-state index < -0.39 is 23.8 Å². The molecule has 0 radical (unpaired) electrons. The van der Waals surface area contributed by atoms with E-state index >= 15 is 0 Å². The van der Waals surface area contributed by atoms with Crippen molar-refractivity contribution in [3.05, 3.63) is 17.7 Å². The minimum absolute atomic E-state index is 0.0759. The molecule has 0 heterocycles. The second-order valence-corrected chi connectivity index (χ2v) is 2.85. The van der Waals surface area contributed by atoms with Crippen molar-refractivity contribution in [1.29, 1.82) is 0 Å². The molecule has 0 unspecified atom stereocenters. The molecule has 0 saturated carbocycles. The lowest BCUT2D eigenvalue weighted by molar-refractivity contribution is 0.112. The van der Waals surface area contributed by atoms with Crippen LogP contribution in [-0.2, 0) is 0 Å². The second-order valence-electron chi connectivity index (χ2n) is 2.85. The van der Waals surface area contributed by atoms with Crippen LogP contribution < -0.4 is 10.2 Å². The number of benzene rings is 1. The van der Waals surface area contributed by atoms with Gasteiger partial charge in [-0.15, -0.1) is 0 Å². The highest BCUT2D eigenvalue weighted by Gasteiger charge is 2.29. The zero-order valence-electron chi connectivity index (χ0n) is 7.71. The molecule has 0 bridgehead atoms. The number of hydrogen-bond donors (Lipinski definition) is 1. The Morgan fingerprint density at radius 2 is 2.00 bits per heavy atom. The molecule has 1 N–H and O–H groups in total. The van der Waals surface area contributed by atoms with Crippen LogP contribution in [0.5, 0.6) is 11.5 Å². The lowest BCUT2D eigenvalue weighted by atomic mass is 9.77. The molecule has 0 fully saturated rings. The fourth-order valence-electron chi connectivity index (χ4n) is 1.15. The molecule has 1 rings (SSSR count). The molecule has 3 nitrogen and oxygen atoms in total. The number of phenolic OH excluding ortho intramolecular Hbond substituents is 1. The molecule has 0 aromatic heterocycles. The summed E-state index contributed by atoms with van der Waals surface area (Å²) >= 11 is 0. The zero-order valence-corrected chi connectivity index (χ0v) is 7.71. The molecule has 15 heavy (non-hydrogen) atoms. The Labute approximate surface area is 83.5 Å². The first-order valence-electron chi connectivity index (χ1n) is 3.96. The van der Waals surface area contributed by atoms with Crippen LogP contribution in [0.3, 0.4) is 0 Å². The number of aldehydes is 1. The number of carbonyl (C=O) groups excluding carboxylic acids is 1. The Kier molecular flexibility index (Phi) is 2.92. The molecule has 0 aliphatic heterocycles. The summed E-state index contributed by atoms with van der Waals surface area (Å²) in [4.78, 5) is 10.4. The van der Waals surface area contributed by atoms with Gasteiger partial charge in [0.15, 0.2) is 11.5 Å². The van der Waals surface area contributed by atoms with Crippen LogP contribution in [0.15, 0.2) is 12.1 Å². The number of halogens is 3. The van der Waals surface area contributed by atoms with Crippen molar-refractivity contribution >= 4 is 18.7 Å². The lowest BCUT2D eigenvalue weighted by Gasteiger charge is -2.18. The van der Waals surface area contributed by atoms with Crippen molar-refractivity contribution in [3.8, 4) is 11.5 Å². The smallest absolute Gasteiger partial charge is 0.504 e. The summed E-state index contributed by atoms with van der Waals surface area (Å²) in [5.41, 5.74) is -1.67. The third-order valence-corrected chi connectivity index (χ3v) is 1.86. The zero-order chi connectivity index (χ0) is 11.6. The fraction of sp³-hybridized carbons (Fsp3) is 0.125. The van der Waals surface area contributed by atoms with Crippen LogP contribution in [0.4, 0.5) is 12.9 Å². The first-order chi connectivity index (χ1) is 6.90.